The lowest BCUT2D eigenvalue weighted by Crippen LogP contribution is -2.50. The predicted octanol–water partition coefficient (Wildman–Crippen LogP) is 0.531. The molecule has 0 saturated carbocycles. The van der Waals surface area contributed by atoms with Crippen LogP contribution in [0.25, 0.3) is 0 Å². The van der Waals surface area contributed by atoms with Gasteiger partial charge in [0.25, 0.3) is 5.91 Å². The summed E-state index contributed by atoms with van der Waals surface area (Å²) in [6.45, 7) is 3.21. The van der Waals surface area contributed by atoms with Crippen molar-refractivity contribution < 1.29 is 29.3 Å². The number of carboxylic acid groups (broad SMARTS) is 1. The van der Waals surface area contributed by atoms with Crippen molar-refractivity contribution in [1.82, 2.24) is 5.32 Å². The van der Waals surface area contributed by atoms with Crippen molar-refractivity contribution >= 4 is 23.5 Å². The van der Waals surface area contributed by atoms with E-state index in [4.69, 9.17) is 9.84 Å². The topological polar surface area (TPSA) is 116 Å². The third kappa shape index (κ3) is 4.27. The van der Waals surface area contributed by atoms with E-state index in [1.165, 1.54) is 11.8 Å². The molecule has 3 atom stereocenters. The van der Waals surface area contributed by atoms with Crippen LogP contribution in [0.2, 0.25) is 0 Å². The van der Waals surface area contributed by atoms with Crippen LogP contribution in [0, 0.1) is 0 Å². The maximum atomic E-state index is 12.5. The number of ether oxygens (including phenoxy) is 1. The van der Waals surface area contributed by atoms with Gasteiger partial charge >= 0.3 is 5.97 Å². The molecule has 1 aliphatic rings. The molecular weight excluding hydrogens is 328 g/mol. The summed E-state index contributed by atoms with van der Waals surface area (Å²) < 4.78 is 5.66. The van der Waals surface area contributed by atoms with Crippen molar-refractivity contribution in [3.05, 3.63) is 24.3 Å². The molecule has 3 unspecified atom stereocenters. The van der Waals surface area contributed by atoms with Crippen molar-refractivity contribution in [2.75, 3.05) is 11.4 Å². The van der Waals surface area contributed by atoms with Gasteiger partial charge in [-0.25, -0.2) is 4.79 Å². The molecule has 1 aromatic rings. The van der Waals surface area contributed by atoms with Crippen LogP contribution < -0.4 is 15.0 Å². The van der Waals surface area contributed by atoms with Gasteiger partial charge in [-0.1, -0.05) is 19.1 Å². The van der Waals surface area contributed by atoms with E-state index in [0.29, 0.717) is 17.9 Å². The molecule has 0 radical (unpaired) electrons. The Labute approximate surface area is 145 Å². The van der Waals surface area contributed by atoms with Gasteiger partial charge in [0.05, 0.1) is 11.8 Å². The number of amides is 2. The van der Waals surface area contributed by atoms with E-state index in [9.17, 15) is 19.5 Å². The third-order valence-corrected chi connectivity index (χ3v) is 3.96. The van der Waals surface area contributed by atoms with Gasteiger partial charge in [-0.15, -0.1) is 0 Å². The molecule has 0 aromatic heterocycles. The Kier molecular flexibility index (Phi) is 5.97. The average molecular weight is 350 g/mol. The SMILES string of the molecule is CCC1Oc2ccccc2N(CCC(=O)NC(C(=O)O)C(C)O)C1=O. The largest absolute Gasteiger partial charge is 0.480 e. The molecule has 0 bridgehead atoms. The Hall–Kier alpha value is -2.61. The maximum absolute atomic E-state index is 12.5. The van der Waals surface area contributed by atoms with Crippen LogP contribution in [-0.4, -0.2) is 52.8 Å². The molecule has 2 amide bonds. The van der Waals surface area contributed by atoms with Gasteiger partial charge in [-0.3, -0.25) is 9.59 Å². The van der Waals surface area contributed by atoms with E-state index in [0.717, 1.165) is 0 Å². The van der Waals surface area contributed by atoms with Crippen molar-refractivity contribution in [2.45, 2.75) is 44.9 Å². The van der Waals surface area contributed by atoms with Crippen LogP contribution in [0.5, 0.6) is 5.75 Å². The van der Waals surface area contributed by atoms with Crippen LogP contribution in [-0.2, 0) is 14.4 Å². The van der Waals surface area contributed by atoms with E-state index >= 15 is 0 Å². The molecule has 1 aromatic carbocycles. The minimum Gasteiger partial charge on any atom is -0.480 e. The summed E-state index contributed by atoms with van der Waals surface area (Å²) in [6, 6.07) is 5.66. The number of rotatable bonds is 7. The number of hydrogen-bond acceptors (Lipinski definition) is 5. The number of nitrogens with one attached hydrogen (secondary N) is 1. The number of carbonyl (C=O) groups is 3. The number of fused-ring (bicyclic) bond motifs is 1. The normalized spacial score (nSPS) is 18.8. The molecule has 136 valence electrons. The first-order valence-corrected chi connectivity index (χ1v) is 8.12. The number of aliphatic hydroxyl groups is 1. The fourth-order valence-electron chi connectivity index (χ4n) is 2.61. The van der Waals surface area contributed by atoms with Crippen LogP contribution in [0.15, 0.2) is 24.3 Å². The molecule has 0 spiro atoms. The molecule has 3 N–H and O–H groups in total. The highest BCUT2D eigenvalue weighted by Gasteiger charge is 2.33. The van der Waals surface area contributed by atoms with Gasteiger partial charge in [0.2, 0.25) is 5.91 Å². The van der Waals surface area contributed by atoms with Gasteiger partial charge in [-0.05, 0) is 25.5 Å². The van der Waals surface area contributed by atoms with Crippen molar-refractivity contribution in [3.8, 4) is 5.75 Å². The first-order chi connectivity index (χ1) is 11.8. The Balaban J connectivity index is 2.07. The second-order valence-electron chi connectivity index (χ2n) is 5.85. The molecular formula is C17H22N2O6. The average Bonchev–Trinajstić information content (AvgIpc) is 2.57. The first kappa shape index (κ1) is 18.7. The van der Waals surface area contributed by atoms with Crippen molar-refractivity contribution in [3.63, 3.8) is 0 Å². The summed E-state index contributed by atoms with van der Waals surface area (Å²) >= 11 is 0. The monoisotopic (exact) mass is 350 g/mol. The molecule has 2 rings (SSSR count). The fraction of sp³-hybridized carbons (Fsp3) is 0.471. The summed E-state index contributed by atoms with van der Waals surface area (Å²) in [5.41, 5.74) is 0.579. The van der Waals surface area contributed by atoms with Crippen LogP contribution >= 0.6 is 0 Å². The molecule has 8 heteroatoms. The van der Waals surface area contributed by atoms with E-state index in [1.807, 2.05) is 6.92 Å². The summed E-state index contributed by atoms with van der Waals surface area (Å²) in [5.74, 6) is -1.54. The van der Waals surface area contributed by atoms with Crippen LogP contribution in [0.1, 0.15) is 26.7 Å². The fourth-order valence-corrected chi connectivity index (χ4v) is 2.61. The highest BCUT2D eigenvalue weighted by atomic mass is 16.5. The lowest BCUT2D eigenvalue weighted by atomic mass is 10.1. The van der Waals surface area contributed by atoms with E-state index < -0.39 is 30.1 Å². The zero-order valence-corrected chi connectivity index (χ0v) is 14.1. The van der Waals surface area contributed by atoms with Gasteiger partial charge in [0.1, 0.15) is 5.75 Å². The molecule has 0 fully saturated rings. The zero-order chi connectivity index (χ0) is 18.6. The molecule has 25 heavy (non-hydrogen) atoms. The quantitative estimate of drug-likeness (QED) is 0.661. The number of aliphatic carboxylic acids is 1. The van der Waals surface area contributed by atoms with Crippen molar-refractivity contribution in [2.24, 2.45) is 0 Å². The second-order valence-corrected chi connectivity index (χ2v) is 5.85. The van der Waals surface area contributed by atoms with Crippen molar-refractivity contribution in [1.29, 1.82) is 0 Å². The third-order valence-electron chi connectivity index (χ3n) is 3.96. The lowest BCUT2D eigenvalue weighted by Gasteiger charge is -2.34. The number of para-hydroxylation sites is 2. The minimum absolute atomic E-state index is 0.0903. The molecule has 1 heterocycles. The van der Waals surface area contributed by atoms with Crippen LogP contribution in [0.4, 0.5) is 5.69 Å². The maximum Gasteiger partial charge on any atom is 0.328 e. The molecule has 0 aliphatic carbocycles. The lowest BCUT2D eigenvalue weighted by molar-refractivity contribution is -0.144. The highest BCUT2D eigenvalue weighted by molar-refractivity contribution is 6.00. The Morgan fingerprint density at radius 1 is 1.36 bits per heavy atom. The Bertz CT molecular complexity index is 660. The van der Waals surface area contributed by atoms with Gasteiger partial charge in [0, 0.05) is 13.0 Å². The Morgan fingerprint density at radius 3 is 2.64 bits per heavy atom. The number of carbonyl (C=O) groups excluding carboxylic acids is 2. The second kappa shape index (κ2) is 7.98. The van der Waals surface area contributed by atoms with E-state index in [1.54, 1.807) is 24.3 Å². The highest BCUT2D eigenvalue weighted by Crippen LogP contribution is 2.34. The summed E-state index contributed by atoms with van der Waals surface area (Å²) in [5, 5.41) is 20.7. The summed E-state index contributed by atoms with van der Waals surface area (Å²) in [6.07, 6.45) is -1.43. The zero-order valence-electron chi connectivity index (χ0n) is 14.1. The molecule has 8 nitrogen and oxygen atoms in total. The van der Waals surface area contributed by atoms with Gasteiger partial charge in [0.15, 0.2) is 12.1 Å². The first-order valence-electron chi connectivity index (χ1n) is 8.12. The number of carboxylic acids is 1. The number of nitrogens with zero attached hydrogens (tertiary/aromatic N) is 1. The number of hydrogen-bond donors (Lipinski definition) is 3. The van der Waals surface area contributed by atoms with E-state index in [-0.39, 0.29) is 18.9 Å². The smallest absolute Gasteiger partial charge is 0.328 e. The van der Waals surface area contributed by atoms with Crippen LogP contribution in [0.3, 0.4) is 0 Å². The predicted molar refractivity (Wildman–Crippen MR) is 89.4 cm³/mol. The Morgan fingerprint density at radius 2 is 2.04 bits per heavy atom. The molecule has 0 saturated heterocycles. The molecule has 1 aliphatic heterocycles. The van der Waals surface area contributed by atoms with Gasteiger partial charge in [-0.2, -0.15) is 0 Å². The minimum atomic E-state index is -1.39. The summed E-state index contributed by atoms with van der Waals surface area (Å²) in [7, 11) is 0. The van der Waals surface area contributed by atoms with E-state index in [2.05, 4.69) is 5.32 Å². The number of benzene rings is 1. The number of aliphatic hydroxyl groups excluding tert-OH is 1. The van der Waals surface area contributed by atoms with Gasteiger partial charge < -0.3 is 25.2 Å². The standard InChI is InChI=1S/C17H22N2O6/c1-3-12-16(22)19(11-6-4-5-7-13(11)25-12)9-8-14(21)18-15(10(2)20)17(23)24/h4-7,10,12,15,20H,3,8-9H2,1-2H3,(H,18,21)(H,23,24). The summed E-state index contributed by atoms with van der Waals surface area (Å²) in [4.78, 5) is 37.0. The number of anilines is 1.